The second-order valence-corrected chi connectivity index (χ2v) is 7.74. The van der Waals surface area contributed by atoms with E-state index in [0.717, 1.165) is 22.3 Å². The fourth-order valence-electron chi connectivity index (χ4n) is 3.90. The molecular weight excluding hydrogens is 402 g/mol. The Morgan fingerprint density at radius 1 is 0.875 bits per heavy atom. The van der Waals surface area contributed by atoms with Crippen molar-refractivity contribution < 1.29 is 14.1 Å². The largest absolute Gasteiger partial charge is 0.377 e. The zero-order chi connectivity index (χ0) is 21.8. The van der Waals surface area contributed by atoms with Gasteiger partial charge < -0.3 is 14.2 Å². The van der Waals surface area contributed by atoms with Gasteiger partial charge in [0.15, 0.2) is 0 Å². The molecule has 1 aliphatic rings. The Kier molecular flexibility index (Phi) is 5.77. The summed E-state index contributed by atoms with van der Waals surface area (Å²) in [7, 11) is 0. The maximum atomic E-state index is 13.2. The number of hydrogen-bond donors (Lipinski definition) is 0. The fraction of sp³-hybridized carbons (Fsp3) is 0.192. The SMILES string of the molecule is O=C(Cc1ccc(-c2ccccc2)cc1)N1CCOC[C@H]1c1nc(-c2ccccc2)no1. The zero-order valence-corrected chi connectivity index (χ0v) is 17.6. The van der Waals surface area contributed by atoms with Crippen LogP contribution in [0, 0.1) is 0 Å². The lowest BCUT2D eigenvalue weighted by Crippen LogP contribution is -2.44. The lowest BCUT2D eigenvalue weighted by molar-refractivity contribution is -0.140. The summed E-state index contributed by atoms with van der Waals surface area (Å²) in [6.07, 6.45) is 0.311. The van der Waals surface area contributed by atoms with Crippen LogP contribution in [-0.4, -0.2) is 40.7 Å². The first-order valence-corrected chi connectivity index (χ1v) is 10.7. The predicted molar refractivity (Wildman–Crippen MR) is 121 cm³/mol. The summed E-state index contributed by atoms with van der Waals surface area (Å²) in [6.45, 7) is 1.33. The Morgan fingerprint density at radius 2 is 1.53 bits per heavy atom. The highest BCUT2D eigenvalue weighted by atomic mass is 16.5. The molecule has 0 saturated carbocycles. The van der Waals surface area contributed by atoms with Crippen molar-refractivity contribution in [3.63, 3.8) is 0 Å². The van der Waals surface area contributed by atoms with Crippen molar-refractivity contribution in [2.24, 2.45) is 0 Å². The van der Waals surface area contributed by atoms with Crippen molar-refractivity contribution in [3.05, 3.63) is 96.4 Å². The molecular formula is C26H23N3O3. The Bertz CT molecular complexity index is 1170. The minimum absolute atomic E-state index is 0.0187. The van der Waals surface area contributed by atoms with E-state index in [4.69, 9.17) is 9.26 Å². The van der Waals surface area contributed by atoms with Gasteiger partial charge >= 0.3 is 0 Å². The van der Waals surface area contributed by atoms with Crippen LogP contribution in [0.15, 0.2) is 89.5 Å². The van der Waals surface area contributed by atoms with Gasteiger partial charge in [0, 0.05) is 12.1 Å². The second-order valence-electron chi connectivity index (χ2n) is 7.74. The van der Waals surface area contributed by atoms with Crippen LogP contribution < -0.4 is 0 Å². The molecule has 1 amide bonds. The van der Waals surface area contributed by atoms with Gasteiger partial charge in [-0.1, -0.05) is 90.1 Å². The van der Waals surface area contributed by atoms with Gasteiger partial charge in [0.2, 0.25) is 11.7 Å². The highest BCUT2D eigenvalue weighted by Gasteiger charge is 2.33. The van der Waals surface area contributed by atoms with Crippen molar-refractivity contribution in [1.82, 2.24) is 15.0 Å². The molecule has 0 aliphatic carbocycles. The molecule has 1 saturated heterocycles. The van der Waals surface area contributed by atoms with Crippen LogP contribution in [-0.2, 0) is 16.0 Å². The summed E-state index contributed by atoms with van der Waals surface area (Å²) in [5.41, 5.74) is 4.13. The van der Waals surface area contributed by atoms with Crippen molar-refractivity contribution in [3.8, 4) is 22.5 Å². The molecule has 3 aromatic carbocycles. The maximum absolute atomic E-state index is 13.2. The normalized spacial score (nSPS) is 16.1. The van der Waals surface area contributed by atoms with E-state index in [2.05, 4.69) is 34.4 Å². The third-order valence-electron chi connectivity index (χ3n) is 5.62. The number of rotatable bonds is 5. The first-order valence-electron chi connectivity index (χ1n) is 10.7. The molecule has 1 fully saturated rings. The van der Waals surface area contributed by atoms with Gasteiger partial charge in [0.1, 0.15) is 6.04 Å². The Morgan fingerprint density at radius 3 is 2.25 bits per heavy atom. The third-order valence-corrected chi connectivity index (χ3v) is 5.62. The first kappa shape index (κ1) is 20.2. The molecule has 1 aliphatic heterocycles. The molecule has 0 radical (unpaired) electrons. The summed E-state index contributed by atoms with van der Waals surface area (Å²) in [5, 5.41) is 4.10. The van der Waals surface area contributed by atoms with Crippen LogP contribution in [0.4, 0.5) is 0 Å². The minimum Gasteiger partial charge on any atom is -0.377 e. The molecule has 0 unspecified atom stereocenters. The summed E-state index contributed by atoms with van der Waals surface area (Å²) in [5.74, 6) is 0.927. The van der Waals surface area contributed by atoms with Crippen LogP contribution in [0.5, 0.6) is 0 Å². The molecule has 0 bridgehead atoms. The van der Waals surface area contributed by atoms with Crippen molar-refractivity contribution in [2.45, 2.75) is 12.5 Å². The van der Waals surface area contributed by atoms with Gasteiger partial charge in [0.05, 0.1) is 19.6 Å². The second kappa shape index (κ2) is 9.16. The molecule has 0 spiro atoms. The molecule has 5 rings (SSSR count). The van der Waals surface area contributed by atoms with E-state index < -0.39 is 0 Å². The summed E-state index contributed by atoms with van der Waals surface area (Å²) >= 11 is 0. The number of ether oxygens (including phenoxy) is 1. The summed E-state index contributed by atoms with van der Waals surface area (Å²) < 4.78 is 11.1. The van der Waals surface area contributed by atoms with E-state index in [0.29, 0.717) is 37.9 Å². The van der Waals surface area contributed by atoms with Crippen molar-refractivity contribution in [1.29, 1.82) is 0 Å². The molecule has 2 heterocycles. The molecule has 6 nitrogen and oxygen atoms in total. The molecule has 1 aromatic heterocycles. The molecule has 1 atom stereocenters. The quantitative estimate of drug-likeness (QED) is 0.469. The van der Waals surface area contributed by atoms with Gasteiger partial charge in [0.25, 0.3) is 5.89 Å². The molecule has 4 aromatic rings. The van der Waals surface area contributed by atoms with Crippen LogP contribution in [0.25, 0.3) is 22.5 Å². The minimum atomic E-state index is -0.384. The van der Waals surface area contributed by atoms with Gasteiger partial charge in [-0.2, -0.15) is 4.98 Å². The molecule has 160 valence electrons. The summed E-state index contributed by atoms with van der Waals surface area (Å²) in [6, 6.07) is 27.6. The number of carbonyl (C=O) groups is 1. The highest BCUT2D eigenvalue weighted by Crippen LogP contribution is 2.26. The van der Waals surface area contributed by atoms with Gasteiger partial charge in [-0.3, -0.25) is 4.79 Å². The first-order chi connectivity index (χ1) is 15.8. The average molecular weight is 425 g/mol. The molecule has 32 heavy (non-hydrogen) atoms. The number of carbonyl (C=O) groups excluding carboxylic acids is 1. The van der Waals surface area contributed by atoms with Crippen molar-refractivity contribution in [2.75, 3.05) is 19.8 Å². The number of hydrogen-bond acceptors (Lipinski definition) is 5. The van der Waals surface area contributed by atoms with E-state index in [1.54, 1.807) is 4.90 Å². The number of morpholine rings is 1. The van der Waals surface area contributed by atoms with E-state index in [-0.39, 0.29) is 11.9 Å². The molecule has 0 N–H and O–H groups in total. The average Bonchev–Trinajstić information content (AvgIpc) is 3.36. The topological polar surface area (TPSA) is 68.5 Å². The van der Waals surface area contributed by atoms with E-state index >= 15 is 0 Å². The lowest BCUT2D eigenvalue weighted by Gasteiger charge is -2.33. The molecule has 6 heteroatoms. The number of benzene rings is 3. The van der Waals surface area contributed by atoms with Crippen molar-refractivity contribution >= 4 is 5.91 Å². The van der Waals surface area contributed by atoms with Crippen LogP contribution in [0.1, 0.15) is 17.5 Å². The van der Waals surface area contributed by atoms with Crippen LogP contribution >= 0.6 is 0 Å². The number of amides is 1. The maximum Gasteiger partial charge on any atom is 0.252 e. The predicted octanol–water partition coefficient (Wildman–Crippen LogP) is 4.55. The Labute approximate surface area is 186 Å². The third kappa shape index (κ3) is 4.31. The highest BCUT2D eigenvalue weighted by molar-refractivity contribution is 5.79. The Hall–Kier alpha value is -3.77. The van der Waals surface area contributed by atoms with E-state index in [1.165, 1.54) is 0 Å². The van der Waals surface area contributed by atoms with E-state index in [9.17, 15) is 4.79 Å². The Balaban J connectivity index is 1.31. The van der Waals surface area contributed by atoms with Crippen LogP contribution in [0.2, 0.25) is 0 Å². The number of nitrogens with zero attached hydrogens (tertiary/aromatic N) is 3. The van der Waals surface area contributed by atoms with E-state index in [1.807, 2.05) is 60.7 Å². The summed E-state index contributed by atoms with van der Waals surface area (Å²) in [4.78, 5) is 19.5. The van der Waals surface area contributed by atoms with Gasteiger partial charge in [-0.25, -0.2) is 0 Å². The van der Waals surface area contributed by atoms with Gasteiger partial charge in [-0.15, -0.1) is 0 Å². The number of aromatic nitrogens is 2. The zero-order valence-electron chi connectivity index (χ0n) is 17.6. The fourth-order valence-corrected chi connectivity index (χ4v) is 3.90. The smallest absolute Gasteiger partial charge is 0.252 e. The van der Waals surface area contributed by atoms with Crippen LogP contribution in [0.3, 0.4) is 0 Å². The standard InChI is InChI=1S/C26H23N3O3/c30-24(17-19-11-13-21(14-12-19)20-7-3-1-4-8-20)29-15-16-31-18-23(29)26-27-25(28-32-26)22-9-5-2-6-10-22/h1-14,23H,15-18H2/t23-/m0/s1. The lowest BCUT2D eigenvalue weighted by atomic mass is 10.0. The van der Waals surface area contributed by atoms with Gasteiger partial charge in [-0.05, 0) is 16.7 Å². The monoisotopic (exact) mass is 425 g/mol.